The Morgan fingerprint density at radius 2 is 1.53 bits per heavy atom. The van der Waals surface area contributed by atoms with E-state index in [-0.39, 0.29) is 18.0 Å². The first-order chi connectivity index (χ1) is 15.6. The molecule has 4 rings (SSSR count). The van der Waals surface area contributed by atoms with Gasteiger partial charge >= 0.3 is 0 Å². The molecule has 5 nitrogen and oxygen atoms in total. The highest BCUT2D eigenvalue weighted by atomic mass is 16.5. The van der Waals surface area contributed by atoms with Crippen LogP contribution >= 0.6 is 0 Å². The van der Waals surface area contributed by atoms with Crippen molar-refractivity contribution in [2.75, 3.05) is 36.5 Å². The van der Waals surface area contributed by atoms with Gasteiger partial charge in [0.05, 0.1) is 13.2 Å². The molecule has 32 heavy (non-hydrogen) atoms. The number of nitrogens with two attached hydrogens (primary N) is 1. The number of quaternary nitrogens is 1. The minimum absolute atomic E-state index is 0.00262. The third kappa shape index (κ3) is 5.55. The molecule has 3 aromatic carbocycles. The van der Waals surface area contributed by atoms with E-state index in [1.54, 1.807) is 0 Å². The molecule has 1 saturated heterocycles. The van der Waals surface area contributed by atoms with Crippen LogP contribution in [0.1, 0.15) is 29.7 Å². The number of nitrogens with one attached hydrogen (secondary N) is 1. The summed E-state index contributed by atoms with van der Waals surface area (Å²) < 4.78 is 5.42. The van der Waals surface area contributed by atoms with Gasteiger partial charge in [0.25, 0.3) is 5.91 Å². The van der Waals surface area contributed by atoms with Crippen LogP contribution in [-0.4, -0.2) is 38.3 Å². The Hall–Kier alpha value is -3.15. The molecule has 0 radical (unpaired) electrons. The van der Waals surface area contributed by atoms with E-state index in [9.17, 15) is 4.79 Å². The molecule has 0 unspecified atom stereocenters. The molecule has 5 heteroatoms. The molecule has 3 N–H and O–H groups in total. The van der Waals surface area contributed by atoms with Crippen molar-refractivity contribution in [3.63, 3.8) is 0 Å². The lowest BCUT2D eigenvalue weighted by Crippen LogP contribution is -2.92. The maximum absolute atomic E-state index is 13.0. The number of nitrogens with zero attached hydrogens (tertiary/aromatic N) is 1. The highest BCUT2D eigenvalue weighted by Crippen LogP contribution is 2.20. The lowest BCUT2D eigenvalue weighted by atomic mass is 9.97. The first-order valence-corrected chi connectivity index (χ1v) is 11.3. The quantitative estimate of drug-likeness (QED) is 0.603. The molecule has 0 spiro atoms. The molecule has 0 saturated carbocycles. The zero-order valence-corrected chi connectivity index (χ0v) is 18.8. The van der Waals surface area contributed by atoms with Gasteiger partial charge in [-0.15, -0.1) is 0 Å². The summed E-state index contributed by atoms with van der Waals surface area (Å²) in [6, 6.07) is 26.8. The van der Waals surface area contributed by atoms with E-state index in [2.05, 4.69) is 71.0 Å². The van der Waals surface area contributed by atoms with Gasteiger partial charge in [-0.3, -0.25) is 4.79 Å². The Kier molecular flexibility index (Phi) is 7.20. The summed E-state index contributed by atoms with van der Waals surface area (Å²) in [5.74, 6) is -0.00262. The van der Waals surface area contributed by atoms with Crippen LogP contribution in [0.3, 0.4) is 0 Å². The van der Waals surface area contributed by atoms with E-state index >= 15 is 0 Å². The number of aryl methyl sites for hydroxylation is 1. The van der Waals surface area contributed by atoms with Crippen molar-refractivity contribution < 1.29 is 14.8 Å². The van der Waals surface area contributed by atoms with Crippen molar-refractivity contribution in [1.29, 1.82) is 0 Å². The Morgan fingerprint density at radius 3 is 2.19 bits per heavy atom. The number of rotatable bonds is 7. The van der Waals surface area contributed by atoms with Gasteiger partial charge in [0.15, 0.2) is 6.04 Å². The summed E-state index contributed by atoms with van der Waals surface area (Å²) in [5, 5.41) is 5.21. The predicted octanol–water partition coefficient (Wildman–Crippen LogP) is 3.51. The third-order valence-corrected chi connectivity index (χ3v) is 6.00. The van der Waals surface area contributed by atoms with Crippen LogP contribution in [0.4, 0.5) is 11.4 Å². The number of carbonyl (C=O) groups excluding carboxylic acids is 1. The summed E-state index contributed by atoms with van der Waals surface area (Å²) in [6.07, 6.45) is 0. The second-order valence-electron chi connectivity index (χ2n) is 8.42. The minimum atomic E-state index is -0.250. The van der Waals surface area contributed by atoms with Gasteiger partial charge in [0.1, 0.15) is 6.04 Å². The molecule has 166 valence electrons. The zero-order chi connectivity index (χ0) is 22.3. The molecular weight excluding hydrogens is 398 g/mol. The summed E-state index contributed by atoms with van der Waals surface area (Å²) >= 11 is 0. The topological polar surface area (TPSA) is 58.2 Å². The van der Waals surface area contributed by atoms with Gasteiger partial charge in [0.2, 0.25) is 0 Å². The van der Waals surface area contributed by atoms with E-state index in [0.29, 0.717) is 0 Å². The first-order valence-electron chi connectivity index (χ1n) is 11.3. The average Bonchev–Trinajstić information content (AvgIpc) is 2.84. The van der Waals surface area contributed by atoms with E-state index < -0.39 is 0 Å². The van der Waals surface area contributed by atoms with E-state index in [1.807, 2.05) is 37.3 Å². The maximum Gasteiger partial charge on any atom is 0.282 e. The zero-order valence-electron chi connectivity index (χ0n) is 18.8. The summed E-state index contributed by atoms with van der Waals surface area (Å²) in [7, 11) is 0. The molecule has 1 aliphatic heterocycles. The van der Waals surface area contributed by atoms with Crippen molar-refractivity contribution >= 4 is 17.3 Å². The highest BCUT2D eigenvalue weighted by Gasteiger charge is 2.25. The van der Waals surface area contributed by atoms with Crippen LogP contribution in [0.25, 0.3) is 0 Å². The maximum atomic E-state index is 13.0. The second kappa shape index (κ2) is 10.4. The Morgan fingerprint density at radius 1 is 0.906 bits per heavy atom. The summed E-state index contributed by atoms with van der Waals surface area (Å²) in [6.45, 7) is 7.37. The van der Waals surface area contributed by atoms with Crippen LogP contribution in [0.15, 0.2) is 78.9 Å². The number of amides is 1. The van der Waals surface area contributed by atoms with Gasteiger partial charge in [-0.05, 0) is 38.1 Å². The van der Waals surface area contributed by atoms with Gasteiger partial charge < -0.3 is 20.3 Å². The first kappa shape index (κ1) is 22.1. The van der Waals surface area contributed by atoms with Crippen molar-refractivity contribution in [3.8, 4) is 0 Å². The Balaban J connectivity index is 1.43. The van der Waals surface area contributed by atoms with E-state index in [4.69, 9.17) is 4.74 Å². The summed E-state index contributed by atoms with van der Waals surface area (Å²) in [4.78, 5) is 15.3. The number of ether oxygens (including phenoxy) is 1. The highest BCUT2D eigenvalue weighted by molar-refractivity contribution is 5.93. The lowest BCUT2D eigenvalue weighted by molar-refractivity contribution is -0.704. The van der Waals surface area contributed by atoms with Crippen LogP contribution in [0.5, 0.6) is 0 Å². The summed E-state index contributed by atoms with van der Waals surface area (Å²) in [5.41, 5.74) is 5.59. The second-order valence-corrected chi connectivity index (χ2v) is 8.42. The largest absolute Gasteiger partial charge is 0.378 e. The molecule has 1 heterocycles. The number of benzene rings is 3. The number of hydrogen-bond donors (Lipinski definition) is 2. The van der Waals surface area contributed by atoms with Crippen LogP contribution in [0.2, 0.25) is 0 Å². The standard InChI is InChI=1S/C27H31N3O2/c1-20-8-10-23(11-9-20)26(22-6-4-3-5-7-22)28-21(2)27(31)29-24-12-14-25(15-13-24)30-16-18-32-19-17-30/h3-15,21,26,28H,16-19H2,1-2H3,(H,29,31)/p+1/t21-,26+/m1/s1. The van der Waals surface area contributed by atoms with Gasteiger partial charge in [-0.2, -0.15) is 0 Å². The SMILES string of the molecule is Cc1ccc([C@@H]([NH2+][C@H](C)C(=O)Nc2ccc(N3CCOCC3)cc2)c2ccccc2)cc1. The van der Waals surface area contributed by atoms with Gasteiger partial charge in [-0.1, -0.05) is 60.2 Å². The predicted molar refractivity (Wildman–Crippen MR) is 129 cm³/mol. The smallest absolute Gasteiger partial charge is 0.282 e. The Labute approximate surface area is 190 Å². The van der Waals surface area contributed by atoms with Gasteiger partial charge in [-0.25, -0.2) is 0 Å². The molecule has 0 aromatic heterocycles. The molecule has 1 amide bonds. The Bertz CT molecular complexity index is 997. The van der Waals surface area contributed by atoms with Crippen molar-refractivity contribution in [3.05, 3.63) is 95.6 Å². The molecule has 0 bridgehead atoms. The number of carbonyl (C=O) groups is 1. The van der Waals surface area contributed by atoms with Crippen molar-refractivity contribution in [1.82, 2.24) is 0 Å². The average molecular weight is 431 g/mol. The van der Waals surface area contributed by atoms with Crippen LogP contribution < -0.4 is 15.5 Å². The molecule has 1 aliphatic rings. The van der Waals surface area contributed by atoms with Crippen molar-refractivity contribution in [2.24, 2.45) is 0 Å². The fourth-order valence-corrected chi connectivity index (χ4v) is 4.06. The van der Waals surface area contributed by atoms with Gasteiger partial charge in [0, 0.05) is 35.6 Å². The normalized spacial score (nSPS) is 15.8. The molecule has 3 aromatic rings. The van der Waals surface area contributed by atoms with Crippen molar-refractivity contribution in [2.45, 2.75) is 25.9 Å². The number of hydrogen-bond acceptors (Lipinski definition) is 3. The van der Waals surface area contributed by atoms with E-state index in [0.717, 1.165) is 37.7 Å². The number of anilines is 2. The van der Waals surface area contributed by atoms with Crippen LogP contribution in [-0.2, 0) is 9.53 Å². The molecule has 2 atom stereocenters. The van der Waals surface area contributed by atoms with E-state index in [1.165, 1.54) is 16.7 Å². The fraction of sp³-hybridized carbons (Fsp3) is 0.296. The molecular formula is C27H32N3O2+. The monoisotopic (exact) mass is 430 g/mol. The van der Waals surface area contributed by atoms with Crippen LogP contribution in [0, 0.1) is 6.92 Å². The fourth-order valence-electron chi connectivity index (χ4n) is 4.06. The molecule has 0 aliphatic carbocycles. The lowest BCUT2D eigenvalue weighted by Gasteiger charge is -2.29. The third-order valence-electron chi connectivity index (χ3n) is 6.00. The molecule has 1 fully saturated rings. The number of morpholine rings is 1. The minimum Gasteiger partial charge on any atom is -0.378 e.